The van der Waals surface area contributed by atoms with Gasteiger partial charge in [0.05, 0.1) is 17.4 Å². The topological polar surface area (TPSA) is 83.1 Å². The predicted molar refractivity (Wildman–Crippen MR) is 92.0 cm³/mol. The van der Waals surface area contributed by atoms with Crippen molar-refractivity contribution < 1.29 is 9.59 Å². The minimum Gasteiger partial charge on any atom is -0.348 e. The Hall–Kier alpha value is -3.41. The fraction of sp³-hybridized carbons (Fsp3) is 0.0556. The van der Waals surface area contributed by atoms with Crippen LogP contribution in [0.2, 0.25) is 0 Å². The van der Waals surface area contributed by atoms with Crippen molar-refractivity contribution in [2.75, 3.05) is 10.6 Å². The molecular weight excluding hydrogens is 304 g/mol. The Morgan fingerprint density at radius 2 is 1.96 bits per heavy atom. The van der Waals surface area contributed by atoms with E-state index in [1.165, 1.54) is 0 Å². The van der Waals surface area contributed by atoms with E-state index in [1.54, 1.807) is 24.4 Å². The first kappa shape index (κ1) is 14.2. The van der Waals surface area contributed by atoms with Gasteiger partial charge in [0.2, 0.25) is 0 Å². The van der Waals surface area contributed by atoms with Crippen LogP contribution in [0.4, 0.5) is 16.2 Å². The van der Waals surface area contributed by atoms with Gasteiger partial charge in [-0.05, 0) is 24.3 Å². The van der Waals surface area contributed by atoms with Crippen LogP contribution in [0.5, 0.6) is 0 Å². The number of aromatic nitrogens is 1. The second kappa shape index (κ2) is 5.66. The first-order chi connectivity index (χ1) is 11.7. The van der Waals surface area contributed by atoms with E-state index >= 15 is 0 Å². The number of anilines is 2. The fourth-order valence-electron chi connectivity index (χ4n) is 2.80. The average Bonchev–Trinajstić information content (AvgIpc) is 2.97. The number of nitrogens with one attached hydrogen (secondary N) is 3. The highest BCUT2D eigenvalue weighted by molar-refractivity contribution is 6.04. The molecule has 1 aliphatic heterocycles. The molecule has 24 heavy (non-hydrogen) atoms. The van der Waals surface area contributed by atoms with E-state index in [2.05, 4.69) is 20.9 Å². The van der Waals surface area contributed by atoms with Crippen molar-refractivity contribution in [1.82, 2.24) is 10.3 Å². The van der Waals surface area contributed by atoms with E-state index in [1.807, 2.05) is 30.3 Å². The zero-order valence-electron chi connectivity index (χ0n) is 12.7. The molecule has 3 aromatic rings. The van der Waals surface area contributed by atoms with Crippen LogP contribution < -0.4 is 16.0 Å². The lowest BCUT2D eigenvalue weighted by atomic mass is 10.1. The largest absolute Gasteiger partial charge is 0.348 e. The lowest BCUT2D eigenvalue weighted by Gasteiger charge is -2.10. The highest BCUT2D eigenvalue weighted by Gasteiger charge is 2.21. The van der Waals surface area contributed by atoms with Gasteiger partial charge >= 0.3 is 6.03 Å². The molecular formula is C18H14N4O2. The minimum atomic E-state index is -0.375. The molecule has 118 valence electrons. The van der Waals surface area contributed by atoms with E-state index in [0.717, 1.165) is 16.5 Å². The maximum atomic E-state index is 12.2. The van der Waals surface area contributed by atoms with Gasteiger partial charge in [0.25, 0.3) is 5.91 Å². The van der Waals surface area contributed by atoms with E-state index in [9.17, 15) is 9.59 Å². The lowest BCUT2D eigenvalue weighted by Crippen LogP contribution is -2.20. The molecule has 6 nitrogen and oxygen atoms in total. The van der Waals surface area contributed by atoms with Crippen LogP contribution in [0.15, 0.2) is 54.7 Å². The number of benzene rings is 2. The summed E-state index contributed by atoms with van der Waals surface area (Å²) in [5.41, 5.74) is 3.49. The molecule has 0 bridgehead atoms. The second-order valence-corrected chi connectivity index (χ2v) is 5.51. The molecule has 0 aliphatic carbocycles. The standard InChI is InChI=1S/C18H14N4O2/c23-17-13-5-3-7-16(14(13)10-20-17)22-18(24)21-12-8-11-4-1-2-6-15(11)19-9-12/h1-9H,10H2,(H,20,23)(H2,21,22,24). The first-order valence-corrected chi connectivity index (χ1v) is 7.53. The third-order valence-corrected chi connectivity index (χ3v) is 3.94. The molecule has 1 aliphatic rings. The molecule has 6 heteroatoms. The Morgan fingerprint density at radius 1 is 1.08 bits per heavy atom. The Bertz CT molecular complexity index is 968. The summed E-state index contributed by atoms with van der Waals surface area (Å²) in [5, 5.41) is 9.25. The number of pyridine rings is 1. The van der Waals surface area contributed by atoms with Crippen molar-refractivity contribution in [2.24, 2.45) is 0 Å². The van der Waals surface area contributed by atoms with E-state index < -0.39 is 0 Å². The summed E-state index contributed by atoms with van der Waals surface area (Å²) in [4.78, 5) is 28.2. The number of amides is 3. The van der Waals surface area contributed by atoms with Crippen molar-refractivity contribution in [3.8, 4) is 0 Å². The molecule has 0 spiro atoms. The van der Waals surface area contributed by atoms with Crippen LogP contribution in [-0.4, -0.2) is 16.9 Å². The first-order valence-electron chi connectivity index (χ1n) is 7.53. The van der Waals surface area contributed by atoms with Gasteiger partial charge in [-0.1, -0.05) is 24.3 Å². The number of urea groups is 1. The highest BCUT2D eigenvalue weighted by atomic mass is 16.2. The van der Waals surface area contributed by atoms with Crippen LogP contribution in [0.3, 0.4) is 0 Å². The van der Waals surface area contributed by atoms with Gasteiger partial charge in [0, 0.05) is 28.7 Å². The number of nitrogens with zero attached hydrogens (tertiary/aromatic N) is 1. The second-order valence-electron chi connectivity index (χ2n) is 5.51. The van der Waals surface area contributed by atoms with Crippen molar-refractivity contribution in [2.45, 2.75) is 6.54 Å². The summed E-state index contributed by atoms with van der Waals surface area (Å²) in [6, 6.07) is 14.4. The summed E-state index contributed by atoms with van der Waals surface area (Å²) in [5.74, 6) is -0.118. The smallest absolute Gasteiger partial charge is 0.323 e. The molecule has 3 amide bonds. The number of hydrogen-bond acceptors (Lipinski definition) is 3. The van der Waals surface area contributed by atoms with Gasteiger partial charge < -0.3 is 16.0 Å². The molecule has 0 unspecified atom stereocenters. The number of rotatable bonds is 2. The third-order valence-electron chi connectivity index (χ3n) is 3.94. The zero-order chi connectivity index (χ0) is 16.5. The molecule has 4 rings (SSSR count). The van der Waals surface area contributed by atoms with Gasteiger partial charge in [0.15, 0.2) is 0 Å². The Morgan fingerprint density at radius 3 is 2.88 bits per heavy atom. The molecule has 0 atom stereocenters. The summed E-state index contributed by atoms with van der Waals surface area (Å²) in [6.45, 7) is 0.419. The third kappa shape index (κ3) is 2.54. The molecule has 0 saturated carbocycles. The summed E-state index contributed by atoms with van der Waals surface area (Å²) >= 11 is 0. The predicted octanol–water partition coefficient (Wildman–Crippen LogP) is 3.12. The van der Waals surface area contributed by atoms with Gasteiger partial charge in [-0.3, -0.25) is 9.78 Å². The fourth-order valence-corrected chi connectivity index (χ4v) is 2.80. The van der Waals surface area contributed by atoms with E-state index in [4.69, 9.17) is 0 Å². The van der Waals surface area contributed by atoms with Gasteiger partial charge in [0.1, 0.15) is 0 Å². The molecule has 2 heterocycles. The lowest BCUT2D eigenvalue weighted by molar-refractivity contribution is 0.0965. The summed E-state index contributed by atoms with van der Waals surface area (Å²) in [7, 11) is 0. The Kier molecular flexibility index (Phi) is 3.35. The normalized spacial score (nSPS) is 12.6. The number of carbonyl (C=O) groups is 2. The van der Waals surface area contributed by atoms with Crippen LogP contribution in [0.1, 0.15) is 15.9 Å². The Labute approximate surface area is 137 Å². The van der Waals surface area contributed by atoms with Gasteiger partial charge in [-0.25, -0.2) is 4.79 Å². The van der Waals surface area contributed by atoms with Crippen molar-refractivity contribution in [1.29, 1.82) is 0 Å². The number of fused-ring (bicyclic) bond motifs is 2. The van der Waals surface area contributed by atoms with Crippen molar-refractivity contribution in [3.63, 3.8) is 0 Å². The molecule has 2 aromatic carbocycles. The van der Waals surface area contributed by atoms with Gasteiger partial charge in [-0.15, -0.1) is 0 Å². The maximum Gasteiger partial charge on any atom is 0.323 e. The van der Waals surface area contributed by atoms with Crippen LogP contribution in [0.25, 0.3) is 10.9 Å². The number of para-hydroxylation sites is 1. The molecule has 0 saturated heterocycles. The Balaban J connectivity index is 1.54. The average molecular weight is 318 g/mol. The number of hydrogen-bond donors (Lipinski definition) is 3. The van der Waals surface area contributed by atoms with E-state index in [0.29, 0.717) is 23.5 Å². The summed E-state index contributed by atoms with van der Waals surface area (Å²) in [6.07, 6.45) is 1.61. The molecule has 0 radical (unpaired) electrons. The molecule has 0 fully saturated rings. The SMILES string of the molecule is O=C(Nc1cnc2ccccc2c1)Nc1cccc2c1CNC2=O. The summed E-state index contributed by atoms with van der Waals surface area (Å²) < 4.78 is 0. The maximum absolute atomic E-state index is 12.2. The van der Waals surface area contributed by atoms with Crippen LogP contribution in [-0.2, 0) is 6.54 Å². The molecule has 3 N–H and O–H groups in total. The quantitative estimate of drug-likeness (QED) is 0.679. The highest BCUT2D eigenvalue weighted by Crippen LogP contribution is 2.24. The van der Waals surface area contributed by atoms with Crippen LogP contribution in [0, 0.1) is 0 Å². The van der Waals surface area contributed by atoms with Gasteiger partial charge in [-0.2, -0.15) is 0 Å². The van der Waals surface area contributed by atoms with E-state index in [-0.39, 0.29) is 11.9 Å². The van der Waals surface area contributed by atoms with Crippen molar-refractivity contribution >= 4 is 34.2 Å². The monoisotopic (exact) mass is 318 g/mol. The van der Waals surface area contributed by atoms with Crippen LogP contribution >= 0.6 is 0 Å². The zero-order valence-corrected chi connectivity index (χ0v) is 12.7. The number of carbonyl (C=O) groups excluding carboxylic acids is 2. The minimum absolute atomic E-state index is 0.118. The van der Waals surface area contributed by atoms with Crippen molar-refractivity contribution in [3.05, 3.63) is 65.9 Å². The molecule has 1 aromatic heterocycles.